The number of ether oxygens (including phenoxy) is 2. The number of anilines is 1. The maximum absolute atomic E-state index is 5.92. The third-order valence-electron chi connectivity index (χ3n) is 4.49. The second-order valence-corrected chi connectivity index (χ2v) is 7.00. The molecule has 6 nitrogen and oxygen atoms in total. The van der Waals surface area contributed by atoms with Gasteiger partial charge >= 0.3 is 0 Å². The minimum absolute atomic E-state index is 0. The Balaban J connectivity index is 0.00000450. The molecule has 0 aliphatic heterocycles. The van der Waals surface area contributed by atoms with Crippen LogP contribution in [0.1, 0.15) is 23.6 Å². The monoisotopic (exact) mass is 526 g/mol. The first kappa shape index (κ1) is 26.0. The van der Waals surface area contributed by atoms with Crippen LogP contribution < -0.4 is 20.3 Å². The number of aliphatic imine (C=N–C) groups is 1. The van der Waals surface area contributed by atoms with Crippen LogP contribution in [0.5, 0.6) is 5.75 Å². The van der Waals surface area contributed by atoms with Crippen molar-refractivity contribution in [1.82, 2.24) is 10.6 Å². The smallest absolute Gasteiger partial charge is 0.191 e. The third kappa shape index (κ3) is 8.79. The molecule has 0 fully saturated rings. The van der Waals surface area contributed by atoms with Gasteiger partial charge < -0.3 is 25.0 Å². The molecular formula is C23H35IN4O2. The highest BCUT2D eigenvalue weighted by Gasteiger charge is 2.06. The highest BCUT2D eigenvalue weighted by atomic mass is 127. The quantitative estimate of drug-likeness (QED) is 0.213. The van der Waals surface area contributed by atoms with Gasteiger partial charge in [-0.1, -0.05) is 24.3 Å². The molecule has 0 aromatic heterocycles. The van der Waals surface area contributed by atoms with E-state index >= 15 is 0 Å². The van der Waals surface area contributed by atoms with E-state index < -0.39 is 0 Å². The summed E-state index contributed by atoms with van der Waals surface area (Å²) < 4.78 is 11.3. The Labute approximate surface area is 198 Å². The molecule has 2 rings (SSSR count). The zero-order valence-electron chi connectivity index (χ0n) is 18.7. The van der Waals surface area contributed by atoms with Gasteiger partial charge in [0.05, 0.1) is 6.61 Å². The van der Waals surface area contributed by atoms with Gasteiger partial charge in [0.15, 0.2) is 5.96 Å². The lowest BCUT2D eigenvalue weighted by molar-refractivity contribution is 0.110. The molecule has 0 bridgehead atoms. The van der Waals surface area contributed by atoms with E-state index in [0.29, 0.717) is 32.9 Å². The van der Waals surface area contributed by atoms with Crippen molar-refractivity contribution in [1.29, 1.82) is 0 Å². The summed E-state index contributed by atoms with van der Waals surface area (Å²) in [6.45, 7) is 7.22. The van der Waals surface area contributed by atoms with Crippen molar-refractivity contribution in [3.63, 3.8) is 0 Å². The first-order valence-electron chi connectivity index (χ1n) is 10.0. The molecule has 2 aromatic rings. The van der Waals surface area contributed by atoms with E-state index in [-0.39, 0.29) is 24.0 Å². The molecule has 0 amide bonds. The van der Waals surface area contributed by atoms with Gasteiger partial charge in [-0.2, -0.15) is 0 Å². The van der Waals surface area contributed by atoms with E-state index in [4.69, 9.17) is 9.47 Å². The van der Waals surface area contributed by atoms with E-state index in [2.05, 4.69) is 69.9 Å². The predicted molar refractivity (Wildman–Crippen MR) is 136 cm³/mol. The van der Waals surface area contributed by atoms with Crippen LogP contribution in [0.4, 0.5) is 5.69 Å². The van der Waals surface area contributed by atoms with Crippen LogP contribution >= 0.6 is 24.0 Å². The fourth-order valence-corrected chi connectivity index (χ4v) is 2.79. The van der Waals surface area contributed by atoms with Gasteiger partial charge in [0, 0.05) is 52.1 Å². The van der Waals surface area contributed by atoms with Crippen LogP contribution in [-0.2, 0) is 17.8 Å². The molecule has 0 unspecified atom stereocenters. The van der Waals surface area contributed by atoms with Gasteiger partial charge in [0.1, 0.15) is 12.4 Å². The molecule has 0 aliphatic rings. The SMILES string of the molecule is CCOCCOc1cc(C)ccc1CNC(=NC)NCc1ccc(N(C)C)cc1.I. The maximum Gasteiger partial charge on any atom is 0.191 e. The van der Waals surface area contributed by atoms with Crippen LogP contribution in [-0.4, -0.2) is 46.9 Å². The summed E-state index contributed by atoms with van der Waals surface area (Å²) in [5.41, 5.74) is 4.65. The molecule has 0 saturated heterocycles. The number of rotatable bonds is 10. The lowest BCUT2D eigenvalue weighted by Gasteiger charge is -2.16. The van der Waals surface area contributed by atoms with Crippen molar-refractivity contribution in [2.75, 3.05) is 45.9 Å². The summed E-state index contributed by atoms with van der Waals surface area (Å²) in [5, 5.41) is 6.73. The van der Waals surface area contributed by atoms with Crippen molar-refractivity contribution in [2.45, 2.75) is 26.9 Å². The van der Waals surface area contributed by atoms with Crippen LogP contribution in [0, 0.1) is 6.92 Å². The molecular weight excluding hydrogens is 491 g/mol. The largest absolute Gasteiger partial charge is 0.491 e. The van der Waals surface area contributed by atoms with Crippen LogP contribution in [0.2, 0.25) is 0 Å². The van der Waals surface area contributed by atoms with Crippen LogP contribution in [0.3, 0.4) is 0 Å². The Hall–Kier alpha value is -2.00. The molecule has 0 atom stereocenters. The highest BCUT2D eigenvalue weighted by molar-refractivity contribution is 14.0. The average Bonchev–Trinajstić information content (AvgIpc) is 2.72. The summed E-state index contributed by atoms with van der Waals surface area (Å²) in [6.07, 6.45) is 0. The van der Waals surface area contributed by atoms with Gasteiger partial charge in [0.2, 0.25) is 0 Å². The Bertz CT molecular complexity index is 779. The molecule has 2 aromatic carbocycles. The van der Waals surface area contributed by atoms with Gasteiger partial charge in [-0.15, -0.1) is 24.0 Å². The molecule has 0 saturated carbocycles. The standard InChI is InChI=1S/C23H34N4O2.HI/c1-6-28-13-14-29-22-15-18(2)7-10-20(22)17-26-23(24-3)25-16-19-8-11-21(12-9-19)27(4)5;/h7-12,15H,6,13-14,16-17H2,1-5H3,(H2,24,25,26);1H. The zero-order valence-corrected chi connectivity index (χ0v) is 21.0. The van der Waals surface area contributed by atoms with E-state index in [1.54, 1.807) is 7.05 Å². The van der Waals surface area contributed by atoms with Crippen molar-refractivity contribution < 1.29 is 9.47 Å². The van der Waals surface area contributed by atoms with Gasteiger partial charge in [-0.25, -0.2) is 0 Å². The number of hydrogen-bond donors (Lipinski definition) is 2. The molecule has 0 aliphatic carbocycles. The maximum atomic E-state index is 5.92. The number of aryl methyl sites for hydroxylation is 1. The highest BCUT2D eigenvalue weighted by Crippen LogP contribution is 2.20. The molecule has 2 N–H and O–H groups in total. The third-order valence-corrected chi connectivity index (χ3v) is 4.49. The molecule has 0 radical (unpaired) electrons. The van der Waals surface area contributed by atoms with E-state index in [9.17, 15) is 0 Å². The fraction of sp³-hybridized carbons (Fsp3) is 0.435. The Morgan fingerprint density at radius 1 is 1.00 bits per heavy atom. The van der Waals surface area contributed by atoms with Crippen molar-refractivity contribution in [3.05, 3.63) is 59.2 Å². The molecule has 166 valence electrons. The summed E-state index contributed by atoms with van der Waals surface area (Å²) in [4.78, 5) is 6.41. The number of halogens is 1. The summed E-state index contributed by atoms with van der Waals surface area (Å²) in [6, 6.07) is 14.7. The number of benzene rings is 2. The normalized spacial score (nSPS) is 10.9. The molecule has 0 heterocycles. The molecule has 0 spiro atoms. The van der Waals surface area contributed by atoms with Crippen molar-refractivity contribution >= 4 is 35.6 Å². The lowest BCUT2D eigenvalue weighted by Crippen LogP contribution is -2.36. The minimum atomic E-state index is 0. The van der Waals surface area contributed by atoms with E-state index in [1.807, 2.05) is 21.0 Å². The van der Waals surface area contributed by atoms with Gasteiger partial charge in [0.25, 0.3) is 0 Å². The minimum Gasteiger partial charge on any atom is -0.491 e. The Morgan fingerprint density at radius 2 is 1.70 bits per heavy atom. The average molecular weight is 526 g/mol. The lowest BCUT2D eigenvalue weighted by atomic mass is 10.1. The predicted octanol–water partition coefficient (Wildman–Crippen LogP) is 3.96. The first-order valence-corrected chi connectivity index (χ1v) is 10.0. The number of nitrogens with one attached hydrogen (secondary N) is 2. The molecule has 30 heavy (non-hydrogen) atoms. The second kappa shape index (κ2) is 14.1. The topological polar surface area (TPSA) is 58.1 Å². The second-order valence-electron chi connectivity index (χ2n) is 7.00. The van der Waals surface area contributed by atoms with Crippen molar-refractivity contribution in [2.24, 2.45) is 4.99 Å². The summed E-state index contributed by atoms with van der Waals surface area (Å²) >= 11 is 0. The van der Waals surface area contributed by atoms with Crippen LogP contribution in [0.25, 0.3) is 0 Å². The Kier molecular flexibility index (Phi) is 12.2. The Morgan fingerprint density at radius 3 is 2.33 bits per heavy atom. The van der Waals surface area contributed by atoms with Gasteiger partial charge in [-0.05, 0) is 43.2 Å². The van der Waals surface area contributed by atoms with E-state index in [0.717, 1.165) is 17.3 Å². The van der Waals surface area contributed by atoms with Crippen molar-refractivity contribution in [3.8, 4) is 5.75 Å². The summed E-state index contributed by atoms with van der Waals surface area (Å²) in [7, 11) is 5.86. The number of hydrogen-bond acceptors (Lipinski definition) is 4. The number of nitrogens with zero attached hydrogens (tertiary/aromatic N) is 2. The zero-order chi connectivity index (χ0) is 21.1. The van der Waals surface area contributed by atoms with Crippen LogP contribution in [0.15, 0.2) is 47.5 Å². The van der Waals surface area contributed by atoms with E-state index in [1.165, 1.54) is 16.8 Å². The fourth-order valence-electron chi connectivity index (χ4n) is 2.79. The summed E-state index contributed by atoms with van der Waals surface area (Å²) in [5.74, 6) is 1.63. The molecule has 7 heteroatoms. The number of guanidine groups is 1. The van der Waals surface area contributed by atoms with Gasteiger partial charge in [-0.3, -0.25) is 4.99 Å². The first-order chi connectivity index (χ1) is 14.0.